The van der Waals surface area contributed by atoms with Crippen LogP contribution in [0.15, 0.2) is 40.9 Å². The lowest BCUT2D eigenvalue weighted by molar-refractivity contribution is 0.354. The molecule has 0 saturated carbocycles. The Morgan fingerprint density at radius 2 is 1.64 bits per heavy atom. The Balaban J connectivity index is 2.02. The predicted molar refractivity (Wildman–Crippen MR) is 90.8 cm³/mol. The number of ether oxygens (including phenoxy) is 3. The summed E-state index contributed by atoms with van der Waals surface area (Å²) in [5.74, 6) is 2.31. The normalized spacial score (nSPS) is 10.4. The van der Waals surface area contributed by atoms with E-state index in [4.69, 9.17) is 14.2 Å². The SMILES string of the molecule is COc1cccc(CNCc2cc(OC)c(OC)cc2Br)c1. The molecule has 2 aromatic rings. The number of hydrogen-bond donors (Lipinski definition) is 1. The molecule has 2 rings (SSSR count). The maximum atomic E-state index is 5.34. The van der Waals surface area contributed by atoms with Crippen molar-refractivity contribution in [3.63, 3.8) is 0 Å². The van der Waals surface area contributed by atoms with Crippen molar-refractivity contribution in [1.82, 2.24) is 5.32 Å². The molecular weight excluding hydrogens is 346 g/mol. The summed E-state index contributed by atoms with van der Waals surface area (Å²) in [5.41, 5.74) is 2.29. The van der Waals surface area contributed by atoms with Gasteiger partial charge in [-0.15, -0.1) is 0 Å². The number of hydrogen-bond acceptors (Lipinski definition) is 4. The van der Waals surface area contributed by atoms with Gasteiger partial charge in [0.2, 0.25) is 0 Å². The molecular formula is C17H20BrNO3. The van der Waals surface area contributed by atoms with E-state index in [1.165, 1.54) is 5.56 Å². The Morgan fingerprint density at radius 1 is 0.909 bits per heavy atom. The van der Waals surface area contributed by atoms with Gasteiger partial charge in [0.15, 0.2) is 11.5 Å². The van der Waals surface area contributed by atoms with Crippen LogP contribution in [0.1, 0.15) is 11.1 Å². The quantitative estimate of drug-likeness (QED) is 0.810. The molecule has 0 aromatic heterocycles. The highest BCUT2D eigenvalue weighted by Crippen LogP contribution is 2.33. The van der Waals surface area contributed by atoms with E-state index in [0.29, 0.717) is 5.75 Å². The zero-order valence-electron chi connectivity index (χ0n) is 13.0. The number of rotatable bonds is 7. The third-order valence-corrected chi connectivity index (χ3v) is 4.07. The van der Waals surface area contributed by atoms with Crippen LogP contribution in [0.25, 0.3) is 0 Å². The van der Waals surface area contributed by atoms with Crippen LogP contribution in [-0.4, -0.2) is 21.3 Å². The maximum Gasteiger partial charge on any atom is 0.161 e. The van der Waals surface area contributed by atoms with Gasteiger partial charge in [0.05, 0.1) is 21.3 Å². The van der Waals surface area contributed by atoms with Gasteiger partial charge in [0, 0.05) is 17.6 Å². The summed E-state index contributed by atoms with van der Waals surface area (Å²) in [6, 6.07) is 11.9. The molecule has 0 radical (unpaired) electrons. The lowest BCUT2D eigenvalue weighted by Gasteiger charge is -2.13. The Morgan fingerprint density at radius 3 is 2.32 bits per heavy atom. The predicted octanol–water partition coefficient (Wildman–Crippen LogP) is 3.76. The van der Waals surface area contributed by atoms with Crippen LogP contribution in [0.5, 0.6) is 17.2 Å². The molecule has 2 aromatic carbocycles. The Kier molecular flexibility index (Phi) is 6.10. The smallest absolute Gasteiger partial charge is 0.161 e. The van der Waals surface area contributed by atoms with E-state index in [2.05, 4.69) is 27.3 Å². The standard InChI is InChI=1S/C17H20BrNO3/c1-20-14-6-4-5-12(7-14)10-19-11-13-8-16(21-2)17(22-3)9-15(13)18/h4-9,19H,10-11H2,1-3H3. The van der Waals surface area contributed by atoms with Crippen LogP contribution in [0.4, 0.5) is 0 Å². The van der Waals surface area contributed by atoms with Gasteiger partial charge in [0.25, 0.3) is 0 Å². The number of methoxy groups -OCH3 is 3. The Labute approximate surface area is 139 Å². The van der Waals surface area contributed by atoms with Gasteiger partial charge in [-0.2, -0.15) is 0 Å². The summed E-state index contributed by atoms with van der Waals surface area (Å²) in [4.78, 5) is 0. The fraction of sp³-hybridized carbons (Fsp3) is 0.294. The van der Waals surface area contributed by atoms with E-state index in [1.807, 2.05) is 30.3 Å². The topological polar surface area (TPSA) is 39.7 Å². The second kappa shape index (κ2) is 8.06. The number of halogens is 1. The van der Waals surface area contributed by atoms with Crippen molar-refractivity contribution in [1.29, 1.82) is 0 Å². The fourth-order valence-corrected chi connectivity index (χ4v) is 2.62. The third kappa shape index (κ3) is 4.15. The molecule has 22 heavy (non-hydrogen) atoms. The maximum absolute atomic E-state index is 5.34. The van der Waals surface area contributed by atoms with E-state index < -0.39 is 0 Å². The van der Waals surface area contributed by atoms with Gasteiger partial charge < -0.3 is 19.5 Å². The molecule has 0 aliphatic carbocycles. The van der Waals surface area contributed by atoms with Crippen molar-refractivity contribution < 1.29 is 14.2 Å². The van der Waals surface area contributed by atoms with Gasteiger partial charge in [-0.1, -0.05) is 28.1 Å². The van der Waals surface area contributed by atoms with Gasteiger partial charge in [-0.25, -0.2) is 0 Å². The lowest BCUT2D eigenvalue weighted by atomic mass is 10.1. The Hall–Kier alpha value is -1.72. The van der Waals surface area contributed by atoms with Crippen LogP contribution in [0, 0.1) is 0 Å². The summed E-state index contributed by atoms with van der Waals surface area (Å²) >= 11 is 3.56. The molecule has 0 heterocycles. The van der Waals surface area contributed by atoms with Crippen LogP contribution < -0.4 is 19.5 Å². The summed E-state index contributed by atoms with van der Waals surface area (Å²) in [7, 11) is 4.94. The van der Waals surface area contributed by atoms with E-state index in [0.717, 1.165) is 34.6 Å². The fourth-order valence-electron chi connectivity index (χ4n) is 2.16. The number of nitrogens with one attached hydrogen (secondary N) is 1. The van der Waals surface area contributed by atoms with Crippen molar-refractivity contribution >= 4 is 15.9 Å². The average Bonchev–Trinajstić information content (AvgIpc) is 2.56. The van der Waals surface area contributed by atoms with Gasteiger partial charge >= 0.3 is 0 Å². The Bertz CT molecular complexity index is 631. The molecule has 0 atom stereocenters. The van der Waals surface area contributed by atoms with Crippen molar-refractivity contribution in [2.45, 2.75) is 13.1 Å². The molecule has 0 aliphatic rings. The minimum Gasteiger partial charge on any atom is -0.497 e. The third-order valence-electron chi connectivity index (χ3n) is 3.33. The molecule has 118 valence electrons. The van der Waals surface area contributed by atoms with Crippen LogP contribution in [-0.2, 0) is 13.1 Å². The van der Waals surface area contributed by atoms with Gasteiger partial charge in [-0.3, -0.25) is 0 Å². The highest BCUT2D eigenvalue weighted by atomic mass is 79.9. The summed E-state index contributed by atoms with van der Waals surface area (Å²) in [6.07, 6.45) is 0. The molecule has 0 aliphatic heterocycles. The van der Waals surface area contributed by atoms with E-state index in [9.17, 15) is 0 Å². The van der Waals surface area contributed by atoms with Gasteiger partial charge in [0.1, 0.15) is 5.75 Å². The molecule has 0 spiro atoms. The largest absolute Gasteiger partial charge is 0.497 e. The van der Waals surface area contributed by atoms with Crippen molar-refractivity contribution in [3.05, 3.63) is 52.0 Å². The molecule has 1 N–H and O–H groups in total. The molecule has 4 nitrogen and oxygen atoms in total. The molecule has 0 amide bonds. The second-order valence-corrected chi connectivity index (χ2v) is 5.61. The van der Waals surface area contributed by atoms with Crippen molar-refractivity contribution in [2.75, 3.05) is 21.3 Å². The zero-order valence-corrected chi connectivity index (χ0v) is 14.6. The molecule has 0 bridgehead atoms. The van der Waals surface area contributed by atoms with Crippen LogP contribution in [0.2, 0.25) is 0 Å². The van der Waals surface area contributed by atoms with E-state index in [-0.39, 0.29) is 0 Å². The van der Waals surface area contributed by atoms with Crippen LogP contribution in [0.3, 0.4) is 0 Å². The van der Waals surface area contributed by atoms with E-state index in [1.54, 1.807) is 21.3 Å². The molecule has 5 heteroatoms. The minimum atomic E-state index is 0.714. The van der Waals surface area contributed by atoms with Crippen molar-refractivity contribution in [2.24, 2.45) is 0 Å². The number of benzene rings is 2. The monoisotopic (exact) mass is 365 g/mol. The van der Waals surface area contributed by atoms with E-state index >= 15 is 0 Å². The minimum absolute atomic E-state index is 0.714. The first-order valence-corrected chi connectivity index (χ1v) is 7.71. The lowest BCUT2D eigenvalue weighted by Crippen LogP contribution is -2.13. The second-order valence-electron chi connectivity index (χ2n) is 4.75. The summed E-state index contributed by atoms with van der Waals surface area (Å²) in [6.45, 7) is 1.48. The molecule has 0 saturated heterocycles. The first-order chi connectivity index (χ1) is 10.7. The zero-order chi connectivity index (χ0) is 15.9. The molecule has 0 unspecified atom stereocenters. The average molecular weight is 366 g/mol. The van der Waals surface area contributed by atoms with Gasteiger partial charge in [-0.05, 0) is 35.4 Å². The first-order valence-electron chi connectivity index (χ1n) is 6.92. The van der Waals surface area contributed by atoms with Crippen LogP contribution >= 0.6 is 15.9 Å². The first kappa shape index (κ1) is 16.6. The molecule has 0 fully saturated rings. The highest BCUT2D eigenvalue weighted by Gasteiger charge is 2.09. The highest BCUT2D eigenvalue weighted by molar-refractivity contribution is 9.10. The summed E-state index contributed by atoms with van der Waals surface area (Å²) < 4.78 is 16.8. The van der Waals surface area contributed by atoms with Crippen molar-refractivity contribution in [3.8, 4) is 17.2 Å². The summed E-state index contributed by atoms with van der Waals surface area (Å²) in [5, 5.41) is 3.42.